The van der Waals surface area contributed by atoms with Crippen LogP contribution < -0.4 is 19.5 Å². The molecule has 3 amide bonds. The highest BCUT2D eigenvalue weighted by Crippen LogP contribution is 2.30. The molecule has 0 saturated carbocycles. The van der Waals surface area contributed by atoms with Crippen molar-refractivity contribution in [1.82, 2.24) is 14.9 Å². The van der Waals surface area contributed by atoms with Crippen molar-refractivity contribution in [1.29, 1.82) is 0 Å². The van der Waals surface area contributed by atoms with Crippen molar-refractivity contribution in [2.24, 2.45) is 0 Å². The van der Waals surface area contributed by atoms with Gasteiger partial charge >= 0.3 is 6.09 Å². The monoisotopic (exact) mass is 918 g/mol. The SMILES string of the molecule is Cc1ccc(-c2ccc(O[C@H]3C[C@@H](C(=O)N[C@@H](Cc4ccc(OCc5ccc6ccccc6c5)cc4)C(=O)NS(=O)(=O)c4ccc(Cl)c([N+](=O)[O-])c4)N(C(=O)OC(C)(C)C)C3)cc2)cc1. The Morgan fingerprint density at radius 2 is 1.46 bits per heavy atom. The van der Waals surface area contributed by atoms with Crippen LogP contribution >= 0.6 is 11.6 Å². The lowest BCUT2D eigenvalue weighted by Crippen LogP contribution is -2.55. The van der Waals surface area contributed by atoms with E-state index in [2.05, 4.69) is 5.32 Å². The molecule has 0 aromatic heterocycles. The summed E-state index contributed by atoms with van der Waals surface area (Å²) in [6.45, 7) is 7.33. The van der Waals surface area contributed by atoms with Crippen molar-refractivity contribution >= 4 is 56.0 Å². The van der Waals surface area contributed by atoms with E-state index in [1.54, 1.807) is 57.2 Å². The lowest BCUT2D eigenvalue weighted by molar-refractivity contribution is -0.384. The molecule has 1 fully saturated rings. The van der Waals surface area contributed by atoms with Crippen LogP contribution in [0.3, 0.4) is 0 Å². The van der Waals surface area contributed by atoms with Crippen LogP contribution in [0.25, 0.3) is 21.9 Å². The number of rotatable bonds is 14. The van der Waals surface area contributed by atoms with Crippen LogP contribution in [-0.2, 0) is 37.4 Å². The third kappa shape index (κ3) is 11.8. The van der Waals surface area contributed by atoms with Crippen molar-refractivity contribution in [3.63, 3.8) is 0 Å². The summed E-state index contributed by atoms with van der Waals surface area (Å²) >= 11 is 5.92. The molecule has 16 heteroatoms. The molecule has 14 nitrogen and oxygen atoms in total. The van der Waals surface area contributed by atoms with E-state index in [-0.39, 0.29) is 31.0 Å². The fourth-order valence-corrected chi connectivity index (χ4v) is 8.54. The van der Waals surface area contributed by atoms with Crippen molar-refractivity contribution in [3.05, 3.63) is 165 Å². The minimum absolute atomic E-state index is 0.00904. The summed E-state index contributed by atoms with van der Waals surface area (Å²) in [5, 5.41) is 16.1. The quantitative estimate of drug-likeness (QED) is 0.0790. The summed E-state index contributed by atoms with van der Waals surface area (Å²) < 4.78 is 47.0. The Morgan fingerprint density at radius 1 is 0.831 bits per heavy atom. The van der Waals surface area contributed by atoms with Gasteiger partial charge in [-0.25, -0.2) is 17.9 Å². The lowest BCUT2D eigenvalue weighted by atomic mass is 10.0. The van der Waals surface area contributed by atoms with Crippen molar-refractivity contribution in [2.45, 2.75) is 75.8 Å². The van der Waals surface area contributed by atoms with Crippen molar-refractivity contribution in [3.8, 4) is 22.6 Å². The second kappa shape index (κ2) is 19.4. The maximum atomic E-state index is 14.3. The van der Waals surface area contributed by atoms with E-state index in [0.29, 0.717) is 17.1 Å². The van der Waals surface area contributed by atoms with Gasteiger partial charge in [0.2, 0.25) is 5.91 Å². The molecule has 1 aliphatic heterocycles. The summed E-state index contributed by atoms with van der Waals surface area (Å²) in [6.07, 6.45) is -1.65. The zero-order valence-electron chi connectivity index (χ0n) is 36.0. The first kappa shape index (κ1) is 46.0. The lowest BCUT2D eigenvalue weighted by Gasteiger charge is -2.28. The topological polar surface area (TPSA) is 183 Å². The Bertz CT molecular complexity index is 2830. The summed E-state index contributed by atoms with van der Waals surface area (Å²) in [7, 11) is -4.73. The molecule has 2 N–H and O–H groups in total. The first-order valence-corrected chi connectivity index (χ1v) is 22.6. The maximum absolute atomic E-state index is 14.3. The largest absolute Gasteiger partial charge is 0.489 e. The van der Waals surface area contributed by atoms with E-state index >= 15 is 0 Å². The minimum atomic E-state index is -4.73. The molecule has 6 aromatic rings. The number of nitrogens with one attached hydrogen (secondary N) is 2. The first-order valence-electron chi connectivity index (χ1n) is 20.7. The molecule has 336 valence electrons. The summed E-state index contributed by atoms with van der Waals surface area (Å²) in [4.78, 5) is 53.3. The van der Waals surface area contributed by atoms with Crippen LogP contribution in [0.1, 0.15) is 43.9 Å². The number of ether oxygens (including phenoxy) is 3. The number of nitro benzene ring substituents is 1. The summed E-state index contributed by atoms with van der Waals surface area (Å²) in [6, 6.07) is 36.3. The molecular formula is C49H47ClN4O10S. The summed E-state index contributed by atoms with van der Waals surface area (Å²) in [5.41, 5.74) is 3.01. The smallest absolute Gasteiger partial charge is 0.411 e. The molecule has 6 aromatic carbocycles. The molecule has 65 heavy (non-hydrogen) atoms. The van der Waals surface area contributed by atoms with Crippen LogP contribution in [0, 0.1) is 17.0 Å². The predicted molar refractivity (Wildman–Crippen MR) is 246 cm³/mol. The summed E-state index contributed by atoms with van der Waals surface area (Å²) in [5.74, 6) is -0.887. The number of carbonyl (C=O) groups excluding carboxylic acids is 3. The highest BCUT2D eigenvalue weighted by atomic mass is 35.5. The van der Waals surface area contributed by atoms with Gasteiger partial charge in [-0.2, -0.15) is 0 Å². The second-order valence-corrected chi connectivity index (χ2v) is 18.8. The minimum Gasteiger partial charge on any atom is -0.489 e. The Labute approximate surface area is 381 Å². The molecule has 1 aliphatic rings. The van der Waals surface area contributed by atoms with Crippen LogP contribution in [-0.4, -0.2) is 66.5 Å². The molecular weight excluding hydrogens is 872 g/mol. The maximum Gasteiger partial charge on any atom is 0.411 e. The molecule has 0 spiro atoms. The number of hydrogen-bond acceptors (Lipinski definition) is 10. The number of carbonyl (C=O) groups is 3. The number of aryl methyl sites for hydroxylation is 1. The molecule has 1 heterocycles. The van der Waals surface area contributed by atoms with Crippen LogP contribution in [0.5, 0.6) is 11.5 Å². The van der Waals surface area contributed by atoms with Gasteiger partial charge < -0.3 is 19.5 Å². The fraction of sp³-hybridized carbons (Fsp3) is 0.245. The highest BCUT2D eigenvalue weighted by Gasteiger charge is 2.44. The second-order valence-electron chi connectivity index (χ2n) is 16.7. The standard InChI is InChI=1S/C49H47ClN4O10S/c1-31-9-14-35(15-10-31)36-17-21-39(22-18-36)63-40-27-45(53(29-40)48(57)64-49(2,3)4)47(56)51-43(46(55)52-65(60,61)41-23-24-42(50)44(28-41)54(58)59)26-32-12-19-38(20-13-32)62-30-33-11-16-34-7-5-6-8-37(34)25-33/h5-25,28,40,43,45H,26-27,29-30H2,1-4H3,(H,51,56)(H,52,55)/t40-,43-,45-/m0/s1. The number of nitro groups is 1. The van der Waals surface area contributed by atoms with Crippen LogP contribution in [0.2, 0.25) is 5.02 Å². The fourth-order valence-electron chi connectivity index (χ4n) is 7.31. The number of sulfonamides is 1. The van der Waals surface area contributed by atoms with Gasteiger partial charge in [-0.1, -0.05) is 102 Å². The normalized spacial score (nSPS) is 15.5. The van der Waals surface area contributed by atoms with Crippen molar-refractivity contribution in [2.75, 3.05) is 6.54 Å². The number of hydrogen-bond donors (Lipinski definition) is 2. The van der Waals surface area contributed by atoms with Gasteiger partial charge in [0.05, 0.1) is 16.4 Å². The molecule has 0 bridgehead atoms. The van der Waals surface area contributed by atoms with Gasteiger partial charge in [0.15, 0.2) is 0 Å². The zero-order valence-corrected chi connectivity index (χ0v) is 37.6. The zero-order chi connectivity index (χ0) is 46.5. The molecule has 1 saturated heterocycles. The molecule has 0 aliphatic carbocycles. The first-order chi connectivity index (χ1) is 30.9. The molecule has 7 rings (SSSR count). The Morgan fingerprint density at radius 3 is 2.12 bits per heavy atom. The highest BCUT2D eigenvalue weighted by molar-refractivity contribution is 7.90. The molecule has 0 unspecified atom stereocenters. The van der Waals surface area contributed by atoms with E-state index in [9.17, 15) is 32.9 Å². The Balaban J connectivity index is 1.11. The number of likely N-dealkylation sites (tertiary alicyclic amines) is 1. The number of amides is 3. The van der Waals surface area contributed by atoms with E-state index < -0.39 is 67.2 Å². The number of nitrogens with zero attached hydrogens (tertiary/aromatic N) is 2. The van der Waals surface area contributed by atoms with Gasteiger partial charge in [0.1, 0.15) is 46.9 Å². The third-order valence-corrected chi connectivity index (χ3v) is 12.3. The van der Waals surface area contributed by atoms with Crippen molar-refractivity contribution < 1.29 is 41.9 Å². The van der Waals surface area contributed by atoms with Crippen LogP contribution in [0.15, 0.2) is 138 Å². The van der Waals surface area contributed by atoms with E-state index in [1.807, 2.05) is 90.5 Å². The molecule has 0 radical (unpaired) electrons. The Hall–Kier alpha value is -6.97. The van der Waals surface area contributed by atoms with Gasteiger partial charge in [-0.05, 0) is 103 Å². The van der Waals surface area contributed by atoms with Gasteiger partial charge in [0.25, 0.3) is 21.6 Å². The number of benzene rings is 6. The average molecular weight is 919 g/mol. The van der Waals surface area contributed by atoms with E-state index in [1.165, 1.54) is 4.90 Å². The Kier molecular flexibility index (Phi) is 13.8. The number of halogens is 1. The van der Waals surface area contributed by atoms with Gasteiger partial charge in [0, 0.05) is 18.9 Å². The third-order valence-electron chi connectivity index (χ3n) is 10.6. The van der Waals surface area contributed by atoms with Gasteiger partial charge in [-0.3, -0.25) is 24.6 Å². The number of fused-ring (bicyclic) bond motifs is 1. The van der Waals surface area contributed by atoms with E-state index in [0.717, 1.165) is 51.2 Å². The average Bonchev–Trinajstić information content (AvgIpc) is 3.70. The molecule has 3 atom stereocenters. The van der Waals surface area contributed by atoms with Gasteiger partial charge in [-0.15, -0.1) is 0 Å². The predicted octanol–water partition coefficient (Wildman–Crippen LogP) is 8.95. The van der Waals surface area contributed by atoms with E-state index in [4.69, 9.17) is 25.8 Å². The van der Waals surface area contributed by atoms with Crippen LogP contribution in [0.4, 0.5) is 10.5 Å².